The van der Waals surface area contributed by atoms with Crippen molar-refractivity contribution in [2.45, 2.75) is 19.4 Å². The zero-order valence-corrected chi connectivity index (χ0v) is 8.72. The van der Waals surface area contributed by atoms with Crippen LogP contribution in [-0.4, -0.2) is 12.4 Å². The number of hydrogen-bond donors (Lipinski definition) is 1. The maximum absolute atomic E-state index is 5.88. The highest BCUT2D eigenvalue weighted by Gasteiger charge is 2.06. The zero-order chi connectivity index (χ0) is 9.52. The van der Waals surface area contributed by atoms with Gasteiger partial charge in [0, 0.05) is 11.9 Å². The lowest BCUT2D eigenvalue weighted by Crippen LogP contribution is -2.23. The molecule has 1 aromatic rings. The first-order valence-corrected chi connectivity index (χ1v) is 5.26. The second-order valence-corrected chi connectivity index (χ2v) is 3.38. The van der Waals surface area contributed by atoms with Crippen molar-refractivity contribution < 1.29 is 0 Å². The van der Waals surface area contributed by atoms with E-state index in [-0.39, 0.29) is 0 Å². The van der Waals surface area contributed by atoms with E-state index in [1.807, 2.05) is 18.2 Å². The number of nitrogens with one attached hydrogen (secondary N) is 1. The van der Waals surface area contributed by atoms with Crippen molar-refractivity contribution >= 4 is 11.6 Å². The van der Waals surface area contributed by atoms with Crippen LogP contribution in [0, 0.1) is 0 Å². The summed E-state index contributed by atoms with van der Waals surface area (Å²) < 4.78 is 0. The second kappa shape index (κ2) is 6.01. The number of alkyl halides is 1. The molecule has 1 nitrogen and oxygen atoms in total. The predicted octanol–water partition coefficient (Wildman–Crippen LogP) is 2.97. The predicted molar refractivity (Wildman–Crippen MR) is 58.2 cm³/mol. The third-order valence-electron chi connectivity index (χ3n) is 2.00. The van der Waals surface area contributed by atoms with Gasteiger partial charge in [-0.15, -0.1) is 11.6 Å². The van der Waals surface area contributed by atoms with Gasteiger partial charge >= 0.3 is 0 Å². The molecule has 0 aliphatic carbocycles. The van der Waals surface area contributed by atoms with Gasteiger partial charge in [0.15, 0.2) is 0 Å². The molecule has 0 spiro atoms. The lowest BCUT2D eigenvalue weighted by Gasteiger charge is -2.15. The molecule has 0 heterocycles. The van der Waals surface area contributed by atoms with Crippen molar-refractivity contribution in [2.24, 2.45) is 0 Å². The SMILES string of the molecule is CCCNC(CCl)c1ccccc1. The van der Waals surface area contributed by atoms with Crippen LogP contribution in [0.2, 0.25) is 0 Å². The standard InChI is InChI=1S/C11H16ClN/c1-2-8-13-11(9-12)10-6-4-3-5-7-10/h3-7,11,13H,2,8-9H2,1H3. The van der Waals surface area contributed by atoms with Gasteiger partial charge in [-0.1, -0.05) is 37.3 Å². The van der Waals surface area contributed by atoms with Crippen molar-refractivity contribution in [3.8, 4) is 0 Å². The summed E-state index contributed by atoms with van der Waals surface area (Å²) in [4.78, 5) is 0. The summed E-state index contributed by atoms with van der Waals surface area (Å²) >= 11 is 5.88. The smallest absolute Gasteiger partial charge is 0.0457 e. The van der Waals surface area contributed by atoms with Gasteiger partial charge < -0.3 is 5.32 Å². The lowest BCUT2D eigenvalue weighted by molar-refractivity contribution is 0.575. The van der Waals surface area contributed by atoms with Crippen LogP contribution in [0.15, 0.2) is 30.3 Å². The normalized spacial score (nSPS) is 12.8. The topological polar surface area (TPSA) is 12.0 Å². The second-order valence-electron chi connectivity index (χ2n) is 3.07. The summed E-state index contributed by atoms with van der Waals surface area (Å²) in [6, 6.07) is 10.6. The highest BCUT2D eigenvalue weighted by Crippen LogP contribution is 2.13. The molecule has 1 aromatic carbocycles. The number of hydrogen-bond acceptors (Lipinski definition) is 1. The minimum atomic E-state index is 0.294. The van der Waals surface area contributed by atoms with E-state index in [4.69, 9.17) is 11.6 Å². The molecule has 0 saturated heterocycles. The molecule has 1 rings (SSSR count). The van der Waals surface area contributed by atoms with Crippen LogP contribution in [0.25, 0.3) is 0 Å². The fourth-order valence-electron chi connectivity index (χ4n) is 1.27. The van der Waals surface area contributed by atoms with Crippen LogP contribution in [0.4, 0.5) is 0 Å². The van der Waals surface area contributed by atoms with Gasteiger partial charge in [-0.25, -0.2) is 0 Å². The third kappa shape index (κ3) is 3.37. The fraction of sp³-hybridized carbons (Fsp3) is 0.455. The third-order valence-corrected chi connectivity index (χ3v) is 2.31. The van der Waals surface area contributed by atoms with Crippen LogP contribution in [-0.2, 0) is 0 Å². The summed E-state index contributed by atoms with van der Waals surface area (Å²) in [7, 11) is 0. The molecule has 13 heavy (non-hydrogen) atoms. The molecule has 0 radical (unpaired) electrons. The van der Waals surface area contributed by atoms with Crippen LogP contribution < -0.4 is 5.32 Å². The number of benzene rings is 1. The van der Waals surface area contributed by atoms with E-state index in [1.165, 1.54) is 5.56 Å². The van der Waals surface area contributed by atoms with Gasteiger partial charge in [-0.05, 0) is 18.5 Å². The first-order chi connectivity index (χ1) is 6.38. The van der Waals surface area contributed by atoms with Gasteiger partial charge in [0.05, 0.1) is 0 Å². The largest absolute Gasteiger partial charge is 0.309 e. The minimum absolute atomic E-state index is 0.294. The lowest BCUT2D eigenvalue weighted by atomic mass is 10.1. The van der Waals surface area contributed by atoms with Crippen LogP contribution >= 0.6 is 11.6 Å². The number of rotatable bonds is 5. The van der Waals surface area contributed by atoms with Gasteiger partial charge in [-0.2, -0.15) is 0 Å². The molecule has 1 atom stereocenters. The highest BCUT2D eigenvalue weighted by atomic mass is 35.5. The highest BCUT2D eigenvalue weighted by molar-refractivity contribution is 6.18. The molecule has 0 fully saturated rings. The Morgan fingerprint density at radius 3 is 2.54 bits per heavy atom. The Balaban J connectivity index is 2.56. The molecule has 2 heteroatoms. The van der Waals surface area contributed by atoms with Crippen LogP contribution in [0.1, 0.15) is 24.9 Å². The Hall–Kier alpha value is -0.530. The molecule has 0 amide bonds. The van der Waals surface area contributed by atoms with Crippen LogP contribution in [0.3, 0.4) is 0 Å². The summed E-state index contributed by atoms with van der Waals surface area (Å²) in [6.07, 6.45) is 1.14. The summed E-state index contributed by atoms with van der Waals surface area (Å²) in [5.74, 6) is 0.629. The fourth-order valence-corrected chi connectivity index (χ4v) is 1.55. The zero-order valence-electron chi connectivity index (χ0n) is 7.96. The molecular weight excluding hydrogens is 182 g/mol. The molecule has 72 valence electrons. The maximum atomic E-state index is 5.88. The van der Waals surface area contributed by atoms with E-state index < -0.39 is 0 Å². The molecule has 0 aliphatic heterocycles. The van der Waals surface area contributed by atoms with Gasteiger partial charge in [-0.3, -0.25) is 0 Å². The van der Waals surface area contributed by atoms with Crippen molar-refractivity contribution in [2.75, 3.05) is 12.4 Å². The van der Waals surface area contributed by atoms with Gasteiger partial charge in [0.25, 0.3) is 0 Å². The molecule has 1 unspecified atom stereocenters. The Bertz CT molecular complexity index is 223. The van der Waals surface area contributed by atoms with Gasteiger partial charge in [0.1, 0.15) is 0 Å². The Morgan fingerprint density at radius 1 is 1.31 bits per heavy atom. The average Bonchev–Trinajstić information content (AvgIpc) is 2.21. The summed E-state index contributed by atoms with van der Waals surface area (Å²) in [5.41, 5.74) is 1.27. The Labute approximate surface area is 85.1 Å². The van der Waals surface area contributed by atoms with Gasteiger partial charge in [0.2, 0.25) is 0 Å². The van der Waals surface area contributed by atoms with Crippen molar-refractivity contribution in [1.29, 1.82) is 0 Å². The molecule has 1 N–H and O–H groups in total. The summed E-state index contributed by atoms with van der Waals surface area (Å²) in [6.45, 7) is 3.18. The monoisotopic (exact) mass is 197 g/mol. The molecule has 0 saturated carbocycles. The van der Waals surface area contributed by atoms with E-state index in [0.29, 0.717) is 11.9 Å². The number of halogens is 1. The molecule has 0 aromatic heterocycles. The first-order valence-electron chi connectivity index (χ1n) is 4.72. The van der Waals surface area contributed by atoms with E-state index in [1.54, 1.807) is 0 Å². The van der Waals surface area contributed by atoms with Crippen molar-refractivity contribution in [3.05, 3.63) is 35.9 Å². The minimum Gasteiger partial charge on any atom is -0.309 e. The van der Waals surface area contributed by atoms with E-state index in [9.17, 15) is 0 Å². The van der Waals surface area contributed by atoms with Crippen molar-refractivity contribution in [3.63, 3.8) is 0 Å². The van der Waals surface area contributed by atoms with E-state index in [0.717, 1.165) is 13.0 Å². The molecule has 0 bridgehead atoms. The molecular formula is C11H16ClN. The Kier molecular flexibility index (Phi) is 4.87. The quantitative estimate of drug-likeness (QED) is 0.716. The van der Waals surface area contributed by atoms with Crippen LogP contribution in [0.5, 0.6) is 0 Å². The first kappa shape index (κ1) is 10.6. The Morgan fingerprint density at radius 2 is 2.00 bits per heavy atom. The average molecular weight is 198 g/mol. The maximum Gasteiger partial charge on any atom is 0.0457 e. The molecule has 0 aliphatic rings. The summed E-state index contributed by atoms with van der Waals surface area (Å²) in [5, 5.41) is 3.40. The van der Waals surface area contributed by atoms with E-state index >= 15 is 0 Å². The van der Waals surface area contributed by atoms with E-state index in [2.05, 4.69) is 24.4 Å². The van der Waals surface area contributed by atoms with Crippen molar-refractivity contribution in [1.82, 2.24) is 5.32 Å².